The smallest absolute Gasteiger partial charge is 0.345 e. The lowest BCUT2D eigenvalue weighted by molar-refractivity contribution is 0.0734. The molecule has 5 aromatic rings. The number of hydrogen-bond acceptors (Lipinski definition) is 5. The summed E-state index contributed by atoms with van der Waals surface area (Å²) in [6.45, 7) is 0.429. The first-order valence-electron chi connectivity index (χ1n) is 12.3. The minimum Gasteiger partial charge on any atom is -0.489 e. The van der Waals surface area contributed by atoms with Crippen LogP contribution in [0.1, 0.15) is 31.8 Å². The van der Waals surface area contributed by atoms with Crippen molar-refractivity contribution in [2.45, 2.75) is 6.61 Å². The SMILES string of the molecule is O=C(N/N=C\c1c(OC(=O)c2ccc(Cl)cc2Cl)ccc2ccccc12)c1ccc(OCc2ccccc2)cc1. The summed E-state index contributed by atoms with van der Waals surface area (Å²) in [6, 6.07) is 32.2. The predicted octanol–water partition coefficient (Wildman–Crippen LogP) is 7.71. The van der Waals surface area contributed by atoms with Gasteiger partial charge in [0.1, 0.15) is 18.1 Å². The second-order valence-electron chi connectivity index (χ2n) is 8.71. The standard InChI is InChI=1S/C32H22Cl2N2O4/c33-24-13-16-27(29(34)18-24)32(38)40-30-17-12-22-8-4-5-9-26(22)28(30)19-35-36-31(37)23-10-14-25(15-11-23)39-20-21-6-2-1-3-7-21/h1-19H,20H2,(H,36,37)/b35-19-. The zero-order valence-corrected chi connectivity index (χ0v) is 22.5. The Hall–Kier alpha value is -4.65. The maximum absolute atomic E-state index is 12.9. The summed E-state index contributed by atoms with van der Waals surface area (Å²) in [4.78, 5) is 25.6. The van der Waals surface area contributed by atoms with Gasteiger partial charge >= 0.3 is 5.97 Å². The summed E-state index contributed by atoms with van der Waals surface area (Å²) in [5.41, 5.74) is 4.68. The molecule has 1 amide bonds. The Morgan fingerprint density at radius 1 is 0.825 bits per heavy atom. The molecule has 0 radical (unpaired) electrons. The number of halogens is 2. The number of nitrogens with one attached hydrogen (secondary N) is 1. The molecule has 0 atom stereocenters. The first kappa shape index (κ1) is 26.9. The molecule has 0 bridgehead atoms. The van der Waals surface area contributed by atoms with Crippen LogP contribution >= 0.6 is 23.2 Å². The molecule has 8 heteroatoms. The summed E-state index contributed by atoms with van der Waals surface area (Å²) in [5.74, 6) is -0.151. The predicted molar refractivity (Wildman–Crippen MR) is 158 cm³/mol. The van der Waals surface area contributed by atoms with Crippen LogP contribution in [0.5, 0.6) is 11.5 Å². The third-order valence-corrected chi connectivity index (χ3v) is 6.56. The van der Waals surface area contributed by atoms with Crippen LogP contribution in [0, 0.1) is 0 Å². The lowest BCUT2D eigenvalue weighted by Gasteiger charge is -2.11. The zero-order valence-electron chi connectivity index (χ0n) is 21.0. The van der Waals surface area contributed by atoms with Crippen molar-refractivity contribution in [2.24, 2.45) is 5.10 Å². The summed E-state index contributed by atoms with van der Waals surface area (Å²) in [6.07, 6.45) is 1.45. The molecular weight excluding hydrogens is 547 g/mol. The first-order valence-corrected chi connectivity index (χ1v) is 13.0. The third kappa shape index (κ3) is 6.49. The van der Waals surface area contributed by atoms with Crippen molar-refractivity contribution in [1.29, 1.82) is 0 Å². The van der Waals surface area contributed by atoms with Crippen molar-refractivity contribution in [1.82, 2.24) is 5.43 Å². The second kappa shape index (κ2) is 12.5. The van der Waals surface area contributed by atoms with Crippen molar-refractivity contribution in [3.8, 4) is 11.5 Å². The van der Waals surface area contributed by atoms with E-state index in [-0.39, 0.29) is 16.3 Å². The van der Waals surface area contributed by atoms with Crippen LogP contribution in [0.25, 0.3) is 10.8 Å². The fourth-order valence-electron chi connectivity index (χ4n) is 3.97. The highest BCUT2D eigenvalue weighted by atomic mass is 35.5. The highest BCUT2D eigenvalue weighted by Gasteiger charge is 2.16. The quantitative estimate of drug-likeness (QED) is 0.0899. The number of carbonyl (C=O) groups excluding carboxylic acids is 2. The number of ether oxygens (including phenoxy) is 2. The maximum Gasteiger partial charge on any atom is 0.345 e. The Morgan fingerprint density at radius 3 is 2.35 bits per heavy atom. The van der Waals surface area contributed by atoms with Gasteiger partial charge in [0, 0.05) is 16.1 Å². The molecule has 0 aliphatic carbocycles. The molecule has 0 aromatic heterocycles. The van der Waals surface area contributed by atoms with Crippen molar-refractivity contribution < 1.29 is 19.1 Å². The highest BCUT2D eigenvalue weighted by Crippen LogP contribution is 2.29. The Labute approximate surface area is 240 Å². The van der Waals surface area contributed by atoms with Crippen molar-refractivity contribution in [3.05, 3.63) is 141 Å². The van der Waals surface area contributed by atoms with Gasteiger partial charge in [-0.3, -0.25) is 4.79 Å². The van der Waals surface area contributed by atoms with E-state index in [9.17, 15) is 9.59 Å². The lowest BCUT2D eigenvalue weighted by Crippen LogP contribution is -2.17. The van der Waals surface area contributed by atoms with Crippen LogP contribution in [0.4, 0.5) is 0 Å². The third-order valence-electron chi connectivity index (χ3n) is 6.01. The van der Waals surface area contributed by atoms with E-state index in [1.54, 1.807) is 36.4 Å². The van der Waals surface area contributed by atoms with E-state index in [1.165, 1.54) is 18.3 Å². The van der Waals surface area contributed by atoms with E-state index < -0.39 is 11.9 Å². The Kier molecular flexibility index (Phi) is 8.40. The van der Waals surface area contributed by atoms with E-state index in [1.807, 2.05) is 60.7 Å². The van der Waals surface area contributed by atoms with Crippen LogP contribution < -0.4 is 14.9 Å². The molecule has 0 aliphatic heterocycles. The molecule has 0 saturated carbocycles. The normalized spacial score (nSPS) is 10.9. The molecule has 0 aliphatic rings. The van der Waals surface area contributed by atoms with E-state index in [2.05, 4.69) is 10.5 Å². The average Bonchev–Trinajstić information content (AvgIpc) is 2.97. The number of fused-ring (bicyclic) bond motifs is 1. The monoisotopic (exact) mass is 568 g/mol. The van der Waals surface area contributed by atoms with Gasteiger partial charge in [0.2, 0.25) is 0 Å². The van der Waals surface area contributed by atoms with Gasteiger partial charge in [0.25, 0.3) is 5.91 Å². The van der Waals surface area contributed by atoms with Crippen molar-refractivity contribution in [2.75, 3.05) is 0 Å². The molecule has 0 saturated heterocycles. The number of carbonyl (C=O) groups is 2. The highest BCUT2D eigenvalue weighted by molar-refractivity contribution is 6.36. The first-order chi connectivity index (χ1) is 19.5. The number of hydrogen-bond donors (Lipinski definition) is 1. The molecule has 0 spiro atoms. The van der Waals surface area contributed by atoms with Crippen molar-refractivity contribution >= 4 is 52.1 Å². The van der Waals surface area contributed by atoms with E-state index in [4.69, 9.17) is 32.7 Å². The Balaban J connectivity index is 1.30. The fraction of sp³-hybridized carbons (Fsp3) is 0.0312. The van der Waals surface area contributed by atoms with E-state index in [0.29, 0.717) is 28.5 Å². The Bertz CT molecular complexity index is 1700. The number of amides is 1. The van der Waals surface area contributed by atoms with Gasteiger partial charge in [-0.05, 0) is 64.9 Å². The molecule has 5 aromatic carbocycles. The molecule has 1 N–H and O–H groups in total. The topological polar surface area (TPSA) is 77.0 Å². The second-order valence-corrected chi connectivity index (χ2v) is 9.55. The molecule has 40 heavy (non-hydrogen) atoms. The summed E-state index contributed by atoms with van der Waals surface area (Å²) in [7, 11) is 0. The average molecular weight is 569 g/mol. The molecule has 6 nitrogen and oxygen atoms in total. The van der Waals surface area contributed by atoms with E-state index >= 15 is 0 Å². The minimum atomic E-state index is -0.648. The van der Waals surface area contributed by atoms with Gasteiger partial charge < -0.3 is 9.47 Å². The van der Waals surface area contributed by atoms with Crippen LogP contribution in [-0.4, -0.2) is 18.1 Å². The molecular formula is C32H22Cl2N2O4. The lowest BCUT2D eigenvalue weighted by atomic mass is 10.0. The zero-order chi connectivity index (χ0) is 27.9. The van der Waals surface area contributed by atoms with Crippen molar-refractivity contribution in [3.63, 3.8) is 0 Å². The van der Waals surface area contributed by atoms with Gasteiger partial charge in [-0.2, -0.15) is 5.10 Å². The van der Waals surface area contributed by atoms with Crippen LogP contribution in [0.2, 0.25) is 10.0 Å². The number of benzene rings is 5. The summed E-state index contributed by atoms with van der Waals surface area (Å²) < 4.78 is 11.5. The molecule has 0 heterocycles. The number of rotatable bonds is 8. The Morgan fingerprint density at radius 2 is 1.57 bits per heavy atom. The number of esters is 1. The summed E-state index contributed by atoms with van der Waals surface area (Å²) >= 11 is 12.1. The molecule has 0 unspecified atom stereocenters. The molecule has 198 valence electrons. The van der Waals surface area contributed by atoms with Gasteiger partial charge in [0.15, 0.2) is 0 Å². The number of nitrogens with zero attached hydrogens (tertiary/aromatic N) is 1. The fourth-order valence-corrected chi connectivity index (χ4v) is 4.46. The molecule has 0 fully saturated rings. The van der Waals surface area contributed by atoms with E-state index in [0.717, 1.165) is 16.3 Å². The largest absolute Gasteiger partial charge is 0.489 e. The summed E-state index contributed by atoms with van der Waals surface area (Å²) in [5, 5.41) is 6.42. The molecule has 5 rings (SSSR count). The van der Waals surface area contributed by atoms with Gasteiger partial charge in [-0.15, -0.1) is 0 Å². The van der Waals surface area contributed by atoms with Gasteiger partial charge in [-0.25, -0.2) is 10.2 Å². The van der Waals surface area contributed by atoms with Gasteiger partial charge in [0.05, 0.1) is 16.8 Å². The van der Waals surface area contributed by atoms with Crippen LogP contribution in [-0.2, 0) is 6.61 Å². The number of hydrazone groups is 1. The van der Waals surface area contributed by atoms with Crippen LogP contribution in [0.3, 0.4) is 0 Å². The maximum atomic E-state index is 12.9. The minimum absolute atomic E-state index is 0.173. The van der Waals surface area contributed by atoms with Crippen LogP contribution in [0.15, 0.2) is 114 Å². The van der Waals surface area contributed by atoms with Gasteiger partial charge in [-0.1, -0.05) is 83.9 Å².